The van der Waals surface area contributed by atoms with E-state index in [0.29, 0.717) is 15.6 Å². The molecule has 29 heavy (non-hydrogen) atoms. The summed E-state index contributed by atoms with van der Waals surface area (Å²) in [6.07, 6.45) is 2.47. The van der Waals surface area contributed by atoms with Gasteiger partial charge < -0.3 is 19.2 Å². The van der Waals surface area contributed by atoms with E-state index in [0.717, 1.165) is 17.2 Å². The lowest BCUT2D eigenvalue weighted by Gasteiger charge is -2.22. The zero-order valence-corrected chi connectivity index (χ0v) is 17.2. The Balaban J connectivity index is 2.02. The highest BCUT2D eigenvalue weighted by molar-refractivity contribution is 7.92. The number of sulfonamides is 1. The van der Waals surface area contributed by atoms with Gasteiger partial charge >= 0.3 is 0 Å². The van der Waals surface area contributed by atoms with Crippen LogP contribution in [0.15, 0.2) is 36.5 Å². The number of hydrogen-bond acceptors (Lipinski definition) is 7. The zero-order chi connectivity index (χ0) is 21.2. The van der Waals surface area contributed by atoms with Gasteiger partial charge in [-0.25, -0.2) is 12.7 Å². The van der Waals surface area contributed by atoms with Gasteiger partial charge in [-0.3, -0.25) is 4.79 Å². The number of benzene rings is 1. The average molecular weight is 419 g/mol. The van der Waals surface area contributed by atoms with Gasteiger partial charge in [0.25, 0.3) is 0 Å². The molecule has 3 rings (SSSR count). The molecule has 2 aromatic heterocycles. The minimum absolute atomic E-state index is 0.0122. The molecule has 10 heteroatoms. The van der Waals surface area contributed by atoms with E-state index in [1.54, 1.807) is 25.4 Å². The fraction of sp³-hybridized carbons (Fsp3) is 0.263. The minimum Gasteiger partial charge on any atom is -0.497 e. The summed E-state index contributed by atoms with van der Waals surface area (Å²) in [5, 5.41) is 0.769. The molecule has 3 aromatic rings. The van der Waals surface area contributed by atoms with Gasteiger partial charge in [0.05, 0.1) is 34.0 Å². The van der Waals surface area contributed by atoms with Crippen molar-refractivity contribution in [3.63, 3.8) is 0 Å². The molecule has 0 aliphatic heterocycles. The van der Waals surface area contributed by atoms with E-state index in [-0.39, 0.29) is 23.9 Å². The number of H-pyrrole nitrogens is 1. The van der Waals surface area contributed by atoms with Crippen molar-refractivity contribution in [1.82, 2.24) is 9.97 Å². The van der Waals surface area contributed by atoms with Crippen LogP contribution in [-0.2, 0) is 21.2 Å². The summed E-state index contributed by atoms with van der Waals surface area (Å²) >= 11 is 0. The number of aromatic amines is 1. The molecule has 0 fully saturated rings. The van der Waals surface area contributed by atoms with Gasteiger partial charge in [0, 0.05) is 23.2 Å². The van der Waals surface area contributed by atoms with Crippen molar-refractivity contribution in [2.75, 3.05) is 31.9 Å². The topological polar surface area (TPSA) is 111 Å². The smallest absolute Gasteiger partial charge is 0.245 e. The summed E-state index contributed by atoms with van der Waals surface area (Å²) < 4.78 is 41.0. The Bertz CT molecular complexity index is 1160. The van der Waals surface area contributed by atoms with Crippen LogP contribution in [0.5, 0.6) is 17.5 Å². The number of carbonyl (C=O) groups excluding carboxylic acids is 1. The van der Waals surface area contributed by atoms with Crippen LogP contribution in [0.3, 0.4) is 0 Å². The number of fused-ring (bicyclic) bond motifs is 1. The Labute approximate surface area is 168 Å². The first-order valence-electron chi connectivity index (χ1n) is 8.54. The van der Waals surface area contributed by atoms with Crippen LogP contribution in [0, 0.1) is 0 Å². The number of nitrogens with one attached hydrogen (secondary N) is 1. The predicted molar refractivity (Wildman–Crippen MR) is 108 cm³/mol. The number of aromatic nitrogens is 2. The second kappa shape index (κ2) is 8.00. The predicted octanol–water partition coefficient (Wildman–Crippen LogP) is 2.12. The van der Waals surface area contributed by atoms with Gasteiger partial charge in [-0.05, 0) is 29.8 Å². The number of ether oxygens (including phenoxy) is 3. The molecule has 0 unspecified atom stereocenters. The van der Waals surface area contributed by atoms with Crippen molar-refractivity contribution in [1.29, 1.82) is 0 Å². The standard InChI is InChI=1S/C19H21N3O6S/c1-26-13-5-6-15-14(10-13)12(11-20-15)9-18(23)22(29(4,24)25)16-7-8-17(27-2)21-19(16)28-3/h5-8,10-11,20H,9H2,1-4H3. The zero-order valence-electron chi connectivity index (χ0n) is 16.4. The van der Waals surface area contributed by atoms with E-state index in [9.17, 15) is 13.2 Å². The summed E-state index contributed by atoms with van der Waals surface area (Å²) in [6, 6.07) is 8.28. The van der Waals surface area contributed by atoms with Crippen LogP contribution >= 0.6 is 0 Å². The number of amides is 1. The maximum Gasteiger partial charge on any atom is 0.245 e. The van der Waals surface area contributed by atoms with E-state index in [1.807, 2.05) is 6.07 Å². The first-order chi connectivity index (χ1) is 13.8. The molecule has 0 spiro atoms. The summed E-state index contributed by atoms with van der Waals surface area (Å²) in [6.45, 7) is 0. The van der Waals surface area contributed by atoms with Crippen molar-refractivity contribution in [3.8, 4) is 17.5 Å². The maximum absolute atomic E-state index is 13.1. The molecule has 0 bridgehead atoms. The lowest BCUT2D eigenvalue weighted by Crippen LogP contribution is -2.37. The molecule has 2 heterocycles. The third kappa shape index (κ3) is 4.11. The molecule has 0 aliphatic carbocycles. The molecule has 154 valence electrons. The molecular weight excluding hydrogens is 398 g/mol. The Morgan fingerprint density at radius 2 is 1.86 bits per heavy atom. The first-order valence-corrected chi connectivity index (χ1v) is 10.4. The van der Waals surface area contributed by atoms with Crippen molar-refractivity contribution in [2.45, 2.75) is 6.42 Å². The van der Waals surface area contributed by atoms with Crippen molar-refractivity contribution in [2.24, 2.45) is 0 Å². The second-order valence-corrected chi connectivity index (χ2v) is 8.04. The SMILES string of the molecule is COc1ccc2[nH]cc(CC(=O)N(c3ccc(OC)nc3OC)S(C)(=O)=O)c2c1. The van der Waals surface area contributed by atoms with Gasteiger partial charge in [0.1, 0.15) is 11.4 Å². The second-order valence-electron chi connectivity index (χ2n) is 6.21. The third-order valence-electron chi connectivity index (χ3n) is 4.31. The lowest BCUT2D eigenvalue weighted by molar-refractivity contribution is -0.116. The molecule has 0 saturated heterocycles. The van der Waals surface area contributed by atoms with Crippen LogP contribution in [0.4, 0.5) is 5.69 Å². The number of methoxy groups -OCH3 is 3. The minimum atomic E-state index is -3.95. The van der Waals surface area contributed by atoms with Gasteiger partial charge in [-0.15, -0.1) is 0 Å². The van der Waals surface area contributed by atoms with Crippen LogP contribution in [0.2, 0.25) is 0 Å². The third-order valence-corrected chi connectivity index (χ3v) is 5.37. The van der Waals surface area contributed by atoms with Crippen LogP contribution in [0.1, 0.15) is 5.56 Å². The molecule has 9 nitrogen and oxygen atoms in total. The Kier molecular flexibility index (Phi) is 5.64. The fourth-order valence-electron chi connectivity index (χ4n) is 3.00. The number of pyridine rings is 1. The Morgan fingerprint density at radius 3 is 2.48 bits per heavy atom. The van der Waals surface area contributed by atoms with Gasteiger partial charge in [0.15, 0.2) is 0 Å². The van der Waals surface area contributed by atoms with Crippen LogP contribution in [-0.4, -0.2) is 51.9 Å². The van der Waals surface area contributed by atoms with Crippen LogP contribution in [0.25, 0.3) is 10.9 Å². The van der Waals surface area contributed by atoms with Gasteiger partial charge in [-0.2, -0.15) is 4.98 Å². The quantitative estimate of drug-likeness (QED) is 0.624. The highest BCUT2D eigenvalue weighted by Crippen LogP contribution is 2.32. The number of rotatable bonds is 7. The van der Waals surface area contributed by atoms with E-state index in [4.69, 9.17) is 14.2 Å². The maximum atomic E-state index is 13.1. The van der Waals surface area contributed by atoms with Gasteiger partial charge in [0.2, 0.25) is 27.7 Å². The molecule has 0 radical (unpaired) electrons. The summed E-state index contributed by atoms with van der Waals surface area (Å²) in [7, 11) is 0.356. The van der Waals surface area contributed by atoms with Crippen molar-refractivity contribution < 1.29 is 27.4 Å². The van der Waals surface area contributed by atoms with E-state index in [1.165, 1.54) is 26.4 Å². The first kappa shape index (κ1) is 20.5. The number of carbonyl (C=O) groups is 1. The van der Waals surface area contributed by atoms with Gasteiger partial charge in [-0.1, -0.05) is 0 Å². The van der Waals surface area contributed by atoms with Crippen molar-refractivity contribution >= 4 is 32.5 Å². The normalized spacial score (nSPS) is 11.3. The summed E-state index contributed by atoms with van der Waals surface area (Å²) in [5.41, 5.74) is 1.46. The monoisotopic (exact) mass is 419 g/mol. The summed E-state index contributed by atoms with van der Waals surface area (Å²) in [5.74, 6) is 0.173. The molecule has 1 N–H and O–H groups in total. The van der Waals surface area contributed by atoms with Crippen molar-refractivity contribution in [3.05, 3.63) is 42.1 Å². The molecule has 0 saturated carbocycles. The highest BCUT2D eigenvalue weighted by atomic mass is 32.2. The lowest BCUT2D eigenvalue weighted by atomic mass is 10.1. The van der Waals surface area contributed by atoms with E-state index >= 15 is 0 Å². The van der Waals surface area contributed by atoms with E-state index in [2.05, 4.69) is 9.97 Å². The largest absolute Gasteiger partial charge is 0.497 e. The molecule has 0 aliphatic rings. The molecule has 1 aromatic carbocycles. The number of anilines is 1. The highest BCUT2D eigenvalue weighted by Gasteiger charge is 2.29. The molecule has 0 atom stereocenters. The number of hydrogen-bond donors (Lipinski definition) is 1. The van der Waals surface area contributed by atoms with E-state index < -0.39 is 15.9 Å². The average Bonchev–Trinajstić information content (AvgIpc) is 3.09. The summed E-state index contributed by atoms with van der Waals surface area (Å²) in [4.78, 5) is 20.2. The Morgan fingerprint density at radius 1 is 1.10 bits per heavy atom. The molecular formula is C19H21N3O6S. The number of nitrogens with zero attached hydrogens (tertiary/aromatic N) is 2. The Hall–Kier alpha value is -3.27. The van der Waals surface area contributed by atoms with Crippen LogP contribution < -0.4 is 18.5 Å². The molecule has 1 amide bonds. The fourth-order valence-corrected chi connectivity index (χ4v) is 3.93.